The van der Waals surface area contributed by atoms with Gasteiger partial charge in [0, 0.05) is 29.2 Å². The van der Waals surface area contributed by atoms with E-state index < -0.39 is 11.9 Å². The summed E-state index contributed by atoms with van der Waals surface area (Å²) in [5.74, 6) is -1.65. The molecule has 1 amide bonds. The van der Waals surface area contributed by atoms with Gasteiger partial charge in [-0.3, -0.25) is 4.79 Å². The number of hydrogen-bond acceptors (Lipinski definition) is 2. The second kappa shape index (κ2) is 6.42. The molecule has 0 fully saturated rings. The average Bonchev–Trinajstić information content (AvgIpc) is 2.91. The molecule has 0 aliphatic heterocycles. The quantitative estimate of drug-likeness (QED) is 0.726. The monoisotopic (exact) mass is 320 g/mol. The molecule has 0 aliphatic rings. The highest BCUT2D eigenvalue weighted by Crippen LogP contribution is 2.20. The molecule has 3 rings (SSSR count). The first-order chi connectivity index (χ1) is 11.6. The van der Waals surface area contributed by atoms with Gasteiger partial charge in [-0.2, -0.15) is 0 Å². The van der Waals surface area contributed by atoms with E-state index >= 15 is 0 Å². The number of para-hydroxylation sites is 1. The van der Waals surface area contributed by atoms with Gasteiger partial charge in [0.1, 0.15) is 5.70 Å². The zero-order valence-electron chi connectivity index (χ0n) is 13.1. The number of nitrogens with zero attached hydrogens (tertiary/aromatic N) is 1. The van der Waals surface area contributed by atoms with Crippen LogP contribution in [0.2, 0.25) is 0 Å². The predicted octanol–water partition coefficient (Wildman–Crippen LogP) is 3.03. The molecule has 0 atom stereocenters. The Morgan fingerprint density at radius 2 is 1.71 bits per heavy atom. The van der Waals surface area contributed by atoms with E-state index in [1.165, 1.54) is 6.08 Å². The van der Waals surface area contributed by atoms with Crippen molar-refractivity contribution in [2.45, 2.75) is 0 Å². The van der Waals surface area contributed by atoms with Crippen molar-refractivity contribution in [2.75, 3.05) is 0 Å². The minimum Gasteiger partial charge on any atom is -0.477 e. The summed E-state index contributed by atoms with van der Waals surface area (Å²) in [6.45, 7) is 0. The van der Waals surface area contributed by atoms with E-state index in [-0.39, 0.29) is 5.70 Å². The Kier molecular flexibility index (Phi) is 4.16. The van der Waals surface area contributed by atoms with E-state index in [1.807, 2.05) is 41.9 Å². The lowest BCUT2D eigenvalue weighted by Gasteiger charge is -2.07. The van der Waals surface area contributed by atoms with Gasteiger partial charge in [0.2, 0.25) is 0 Å². The number of hydrogen-bond donors (Lipinski definition) is 2. The van der Waals surface area contributed by atoms with Crippen molar-refractivity contribution < 1.29 is 14.7 Å². The highest BCUT2D eigenvalue weighted by atomic mass is 16.4. The highest BCUT2D eigenvalue weighted by Gasteiger charge is 2.14. The molecule has 0 radical (unpaired) electrons. The van der Waals surface area contributed by atoms with Crippen LogP contribution in [-0.4, -0.2) is 21.6 Å². The standard InChI is InChI=1S/C19H16N2O3/c1-21-15(11-14-9-5-6-10-17(14)21)12-16(19(23)24)20-18(22)13-7-3-2-4-8-13/h2-12H,1H3,(H,20,22)(H,23,24)/b16-12-. The molecule has 2 N–H and O–H groups in total. The van der Waals surface area contributed by atoms with Crippen molar-refractivity contribution in [3.63, 3.8) is 0 Å². The first kappa shape index (κ1) is 15.6. The van der Waals surface area contributed by atoms with Crippen molar-refractivity contribution in [3.8, 4) is 0 Å². The summed E-state index contributed by atoms with van der Waals surface area (Å²) < 4.78 is 1.88. The van der Waals surface area contributed by atoms with Crippen LogP contribution in [0.25, 0.3) is 17.0 Å². The average molecular weight is 320 g/mol. The summed E-state index contributed by atoms with van der Waals surface area (Å²) in [6, 6.07) is 18.1. The van der Waals surface area contributed by atoms with Gasteiger partial charge in [-0.1, -0.05) is 36.4 Å². The number of amides is 1. The highest BCUT2D eigenvalue weighted by molar-refractivity contribution is 6.03. The van der Waals surface area contributed by atoms with E-state index in [0.717, 1.165) is 10.9 Å². The maximum atomic E-state index is 12.2. The lowest BCUT2D eigenvalue weighted by Crippen LogP contribution is -2.27. The third-order valence-electron chi connectivity index (χ3n) is 3.80. The summed E-state index contributed by atoms with van der Waals surface area (Å²) >= 11 is 0. The molecule has 0 saturated heterocycles. The topological polar surface area (TPSA) is 71.3 Å². The zero-order chi connectivity index (χ0) is 17.1. The zero-order valence-corrected chi connectivity index (χ0v) is 13.1. The first-order valence-electron chi connectivity index (χ1n) is 7.42. The van der Waals surface area contributed by atoms with Gasteiger partial charge in [-0.15, -0.1) is 0 Å². The fourth-order valence-electron chi connectivity index (χ4n) is 2.53. The Balaban J connectivity index is 1.95. The van der Waals surface area contributed by atoms with E-state index in [4.69, 9.17) is 0 Å². The maximum absolute atomic E-state index is 12.2. The van der Waals surface area contributed by atoms with E-state index in [2.05, 4.69) is 5.32 Å². The van der Waals surface area contributed by atoms with Crippen LogP contribution in [0.3, 0.4) is 0 Å². The van der Waals surface area contributed by atoms with Crippen LogP contribution >= 0.6 is 0 Å². The second-order valence-electron chi connectivity index (χ2n) is 5.37. The molecular formula is C19H16N2O3. The summed E-state index contributed by atoms with van der Waals surface area (Å²) in [7, 11) is 1.85. The smallest absolute Gasteiger partial charge is 0.352 e. The number of carbonyl (C=O) groups is 2. The predicted molar refractivity (Wildman–Crippen MR) is 92.4 cm³/mol. The third-order valence-corrected chi connectivity index (χ3v) is 3.80. The van der Waals surface area contributed by atoms with Gasteiger partial charge in [0.05, 0.1) is 0 Å². The van der Waals surface area contributed by atoms with Gasteiger partial charge in [-0.25, -0.2) is 4.79 Å². The van der Waals surface area contributed by atoms with Crippen molar-refractivity contribution in [3.05, 3.63) is 77.6 Å². The molecular weight excluding hydrogens is 304 g/mol. The van der Waals surface area contributed by atoms with Crippen LogP contribution in [-0.2, 0) is 11.8 Å². The van der Waals surface area contributed by atoms with Crippen LogP contribution in [0.5, 0.6) is 0 Å². The number of benzene rings is 2. The Morgan fingerprint density at radius 3 is 2.38 bits per heavy atom. The number of carbonyl (C=O) groups excluding carboxylic acids is 1. The van der Waals surface area contributed by atoms with Gasteiger partial charge >= 0.3 is 5.97 Å². The lowest BCUT2D eigenvalue weighted by molar-refractivity contribution is -0.132. The molecule has 0 bridgehead atoms. The molecule has 1 aromatic heterocycles. The van der Waals surface area contributed by atoms with Crippen LogP contribution in [0, 0.1) is 0 Å². The number of aryl methyl sites for hydroxylation is 1. The molecule has 2 aromatic carbocycles. The van der Waals surface area contributed by atoms with Crippen LogP contribution < -0.4 is 5.32 Å². The molecule has 3 aromatic rings. The minimum absolute atomic E-state index is 0.172. The normalized spacial score (nSPS) is 11.5. The summed E-state index contributed by atoms with van der Waals surface area (Å²) in [5.41, 5.74) is 1.92. The summed E-state index contributed by atoms with van der Waals surface area (Å²) in [6.07, 6.45) is 1.46. The fraction of sp³-hybridized carbons (Fsp3) is 0.0526. The molecule has 0 unspecified atom stereocenters. The minimum atomic E-state index is -1.19. The SMILES string of the molecule is Cn1c(/C=C(\NC(=O)c2ccccc2)C(=O)O)cc2ccccc21. The molecule has 0 spiro atoms. The number of fused-ring (bicyclic) bond motifs is 1. The Morgan fingerprint density at radius 1 is 1.04 bits per heavy atom. The van der Waals surface area contributed by atoms with Crippen LogP contribution in [0.4, 0.5) is 0 Å². The van der Waals surface area contributed by atoms with Gasteiger partial charge in [-0.05, 0) is 30.3 Å². The van der Waals surface area contributed by atoms with E-state index in [0.29, 0.717) is 11.3 Å². The Bertz CT molecular complexity index is 940. The molecule has 1 heterocycles. The van der Waals surface area contributed by atoms with Crippen molar-refractivity contribution in [1.82, 2.24) is 9.88 Å². The van der Waals surface area contributed by atoms with Gasteiger partial charge in [0.15, 0.2) is 0 Å². The maximum Gasteiger partial charge on any atom is 0.352 e. The second-order valence-corrected chi connectivity index (χ2v) is 5.37. The van der Waals surface area contributed by atoms with Crippen LogP contribution in [0.15, 0.2) is 66.4 Å². The number of aromatic nitrogens is 1. The molecule has 120 valence electrons. The fourth-order valence-corrected chi connectivity index (χ4v) is 2.53. The van der Waals surface area contributed by atoms with E-state index in [9.17, 15) is 14.7 Å². The summed E-state index contributed by atoms with van der Waals surface area (Å²) in [4.78, 5) is 23.7. The largest absolute Gasteiger partial charge is 0.477 e. The Labute approximate surface area is 138 Å². The number of carboxylic acid groups (broad SMARTS) is 1. The summed E-state index contributed by atoms with van der Waals surface area (Å²) in [5, 5.41) is 12.9. The molecule has 5 heteroatoms. The van der Waals surface area contributed by atoms with Crippen molar-refractivity contribution in [1.29, 1.82) is 0 Å². The third kappa shape index (κ3) is 3.05. The number of carboxylic acids is 1. The number of rotatable bonds is 4. The van der Waals surface area contributed by atoms with Gasteiger partial charge in [0.25, 0.3) is 5.91 Å². The van der Waals surface area contributed by atoms with Crippen LogP contribution in [0.1, 0.15) is 16.1 Å². The molecule has 0 saturated carbocycles. The number of nitrogens with one attached hydrogen (secondary N) is 1. The van der Waals surface area contributed by atoms with Crippen molar-refractivity contribution in [2.24, 2.45) is 7.05 Å². The lowest BCUT2D eigenvalue weighted by atomic mass is 10.2. The molecule has 0 aliphatic carbocycles. The van der Waals surface area contributed by atoms with E-state index in [1.54, 1.807) is 30.3 Å². The van der Waals surface area contributed by atoms with Gasteiger partial charge < -0.3 is 15.0 Å². The molecule has 24 heavy (non-hydrogen) atoms. The molecule has 5 nitrogen and oxygen atoms in total. The van der Waals surface area contributed by atoms with Crippen molar-refractivity contribution >= 4 is 28.9 Å². The number of aliphatic carboxylic acids is 1. The Hall–Kier alpha value is -3.34. The first-order valence-corrected chi connectivity index (χ1v) is 7.42.